The van der Waals surface area contributed by atoms with E-state index in [0.29, 0.717) is 5.56 Å². The van der Waals surface area contributed by atoms with E-state index in [9.17, 15) is 9.59 Å². The number of carbonyl (C=O) groups excluding carboxylic acids is 2. The highest BCUT2D eigenvalue weighted by molar-refractivity contribution is 6.09. The number of fused-ring (bicyclic) bond motifs is 1. The lowest BCUT2D eigenvalue weighted by Crippen LogP contribution is -2.44. The molecule has 1 amide bonds. The van der Waals surface area contributed by atoms with Crippen LogP contribution in [0.3, 0.4) is 0 Å². The summed E-state index contributed by atoms with van der Waals surface area (Å²) < 4.78 is 0. The van der Waals surface area contributed by atoms with Crippen molar-refractivity contribution < 1.29 is 9.59 Å². The fourth-order valence-corrected chi connectivity index (χ4v) is 4.06. The molecular formula is C22H25N3O2. The molecule has 27 heavy (non-hydrogen) atoms. The first-order valence-corrected chi connectivity index (χ1v) is 9.50. The molecule has 1 fully saturated rings. The van der Waals surface area contributed by atoms with E-state index in [1.54, 1.807) is 0 Å². The van der Waals surface area contributed by atoms with E-state index in [1.807, 2.05) is 37.3 Å². The SMILES string of the molecule is Cc1cccc2c1C(C(=O)Nc1ccc(N3CCN(C)CC3)cc1)CC2=O. The van der Waals surface area contributed by atoms with Gasteiger partial charge in [-0.2, -0.15) is 0 Å². The highest BCUT2D eigenvalue weighted by Crippen LogP contribution is 2.36. The number of hydrogen-bond donors (Lipinski definition) is 1. The molecule has 1 heterocycles. The van der Waals surface area contributed by atoms with Crippen LogP contribution in [0.4, 0.5) is 11.4 Å². The Kier molecular flexibility index (Phi) is 4.70. The molecule has 140 valence electrons. The zero-order chi connectivity index (χ0) is 19.0. The van der Waals surface area contributed by atoms with Crippen molar-refractivity contribution in [2.24, 2.45) is 0 Å². The van der Waals surface area contributed by atoms with E-state index in [4.69, 9.17) is 0 Å². The lowest BCUT2D eigenvalue weighted by molar-refractivity contribution is -0.117. The maximum Gasteiger partial charge on any atom is 0.232 e. The number of benzene rings is 2. The number of aryl methyl sites for hydroxylation is 1. The summed E-state index contributed by atoms with van der Waals surface area (Å²) in [6.07, 6.45) is 0.255. The maximum absolute atomic E-state index is 12.8. The van der Waals surface area contributed by atoms with Crippen LogP contribution in [0.15, 0.2) is 42.5 Å². The van der Waals surface area contributed by atoms with E-state index in [0.717, 1.165) is 43.0 Å². The van der Waals surface area contributed by atoms with Crippen LogP contribution in [0.2, 0.25) is 0 Å². The Bertz CT molecular complexity index is 868. The Labute approximate surface area is 160 Å². The number of rotatable bonds is 3. The van der Waals surface area contributed by atoms with Crippen molar-refractivity contribution >= 4 is 23.1 Å². The van der Waals surface area contributed by atoms with Crippen molar-refractivity contribution in [3.8, 4) is 0 Å². The molecule has 1 atom stereocenters. The van der Waals surface area contributed by atoms with Crippen molar-refractivity contribution in [3.63, 3.8) is 0 Å². The highest BCUT2D eigenvalue weighted by Gasteiger charge is 2.35. The largest absolute Gasteiger partial charge is 0.369 e. The molecule has 5 heteroatoms. The second-order valence-corrected chi connectivity index (χ2v) is 7.54. The third-order valence-corrected chi connectivity index (χ3v) is 5.68. The van der Waals surface area contributed by atoms with E-state index in [2.05, 4.69) is 34.3 Å². The third-order valence-electron chi connectivity index (χ3n) is 5.68. The normalized spacial score (nSPS) is 19.9. The Morgan fingerprint density at radius 1 is 1.04 bits per heavy atom. The Morgan fingerprint density at radius 3 is 2.44 bits per heavy atom. The van der Waals surface area contributed by atoms with Crippen LogP contribution in [-0.2, 0) is 4.79 Å². The minimum atomic E-state index is -0.397. The number of carbonyl (C=O) groups is 2. The molecule has 1 saturated heterocycles. The highest BCUT2D eigenvalue weighted by atomic mass is 16.2. The van der Waals surface area contributed by atoms with Gasteiger partial charge in [0.25, 0.3) is 0 Å². The van der Waals surface area contributed by atoms with Crippen LogP contribution in [-0.4, -0.2) is 49.8 Å². The van der Waals surface area contributed by atoms with E-state index in [-0.39, 0.29) is 18.1 Å². The predicted molar refractivity (Wildman–Crippen MR) is 108 cm³/mol. The van der Waals surface area contributed by atoms with Crippen LogP contribution in [0.5, 0.6) is 0 Å². The second-order valence-electron chi connectivity index (χ2n) is 7.54. The summed E-state index contributed by atoms with van der Waals surface area (Å²) in [5, 5.41) is 2.99. The lowest BCUT2D eigenvalue weighted by Gasteiger charge is -2.34. The molecule has 1 N–H and O–H groups in total. The van der Waals surface area contributed by atoms with Gasteiger partial charge in [0.15, 0.2) is 5.78 Å². The van der Waals surface area contributed by atoms with E-state index < -0.39 is 5.92 Å². The zero-order valence-electron chi connectivity index (χ0n) is 15.9. The predicted octanol–water partition coefficient (Wildman–Crippen LogP) is 3.06. The third kappa shape index (κ3) is 3.47. The second kappa shape index (κ2) is 7.16. The van der Waals surface area contributed by atoms with Gasteiger partial charge >= 0.3 is 0 Å². The Hall–Kier alpha value is -2.66. The molecular weight excluding hydrogens is 338 g/mol. The maximum atomic E-state index is 12.8. The molecule has 2 aliphatic rings. The lowest BCUT2D eigenvalue weighted by atomic mass is 9.96. The number of nitrogens with one attached hydrogen (secondary N) is 1. The van der Waals surface area contributed by atoms with Crippen LogP contribution in [0.1, 0.15) is 33.8 Å². The standard InChI is InChI=1S/C22H25N3O2/c1-15-4-3-5-18-20(26)14-19(21(15)18)22(27)23-16-6-8-17(9-7-16)25-12-10-24(2)11-13-25/h3-9,19H,10-14H2,1-2H3,(H,23,27). The van der Waals surface area contributed by atoms with Gasteiger partial charge in [-0.05, 0) is 49.4 Å². The topological polar surface area (TPSA) is 52.7 Å². The van der Waals surface area contributed by atoms with Crippen molar-refractivity contribution in [1.82, 2.24) is 4.90 Å². The fourth-order valence-electron chi connectivity index (χ4n) is 4.06. The minimum absolute atomic E-state index is 0.0549. The first kappa shape index (κ1) is 17.7. The molecule has 1 unspecified atom stereocenters. The van der Waals surface area contributed by atoms with Crippen molar-refractivity contribution in [1.29, 1.82) is 0 Å². The monoisotopic (exact) mass is 363 g/mol. The van der Waals surface area contributed by atoms with Crippen LogP contribution >= 0.6 is 0 Å². The number of anilines is 2. The summed E-state index contributed by atoms with van der Waals surface area (Å²) in [6.45, 7) is 6.12. The average Bonchev–Trinajstić information content (AvgIpc) is 3.01. The summed E-state index contributed by atoms with van der Waals surface area (Å²) in [7, 11) is 2.14. The summed E-state index contributed by atoms with van der Waals surface area (Å²) in [5.41, 5.74) is 4.53. The number of nitrogens with zero attached hydrogens (tertiary/aromatic N) is 2. The minimum Gasteiger partial charge on any atom is -0.369 e. The van der Waals surface area contributed by atoms with Gasteiger partial charge in [-0.3, -0.25) is 9.59 Å². The number of likely N-dealkylation sites (N-methyl/N-ethyl adjacent to an activating group) is 1. The van der Waals surface area contributed by atoms with Crippen molar-refractivity contribution in [2.45, 2.75) is 19.3 Å². The van der Waals surface area contributed by atoms with Gasteiger partial charge in [0.05, 0.1) is 5.92 Å². The summed E-state index contributed by atoms with van der Waals surface area (Å²) in [5.74, 6) is -0.450. The molecule has 0 aromatic heterocycles. The molecule has 0 bridgehead atoms. The van der Waals surface area contributed by atoms with Gasteiger partial charge in [0, 0.05) is 49.5 Å². The van der Waals surface area contributed by atoms with E-state index >= 15 is 0 Å². The average molecular weight is 363 g/mol. The van der Waals surface area contributed by atoms with Crippen molar-refractivity contribution in [3.05, 3.63) is 59.2 Å². The smallest absolute Gasteiger partial charge is 0.232 e. The quantitative estimate of drug-likeness (QED) is 0.911. The molecule has 4 rings (SSSR count). The number of Topliss-reactive ketones (excluding diaryl/α,β-unsaturated/α-hetero) is 1. The summed E-state index contributed by atoms with van der Waals surface area (Å²) >= 11 is 0. The van der Waals surface area contributed by atoms with Crippen LogP contribution < -0.4 is 10.2 Å². The van der Waals surface area contributed by atoms with Gasteiger partial charge in [-0.15, -0.1) is 0 Å². The fraction of sp³-hybridized carbons (Fsp3) is 0.364. The first-order chi connectivity index (χ1) is 13.0. The van der Waals surface area contributed by atoms with E-state index in [1.165, 1.54) is 5.69 Å². The summed E-state index contributed by atoms with van der Waals surface area (Å²) in [4.78, 5) is 29.7. The number of ketones is 1. The van der Waals surface area contributed by atoms with Gasteiger partial charge in [-0.1, -0.05) is 18.2 Å². The molecule has 0 spiro atoms. The Balaban J connectivity index is 1.46. The van der Waals surface area contributed by atoms with Crippen LogP contribution in [0.25, 0.3) is 0 Å². The van der Waals surface area contributed by atoms with Crippen molar-refractivity contribution in [2.75, 3.05) is 43.4 Å². The number of piperazine rings is 1. The molecule has 5 nitrogen and oxygen atoms in total. The molecule has 2 aromatic rings. The first-order valence-electron chi connectivity index (χ1n) is 9.50. The molecule has 2 aromatic carbocycles. The van der Waals surface area contributed by atoms with Gasteiger partial charge in [0.1, 0.15) is 0 Å². The molecule has 0 saturated carbocycles. The zero-order valence-corrected chi connectivity index (χ0v) is 15.9. The number of hydrogen-bond acceptors (Lipinski definition) is 4. The van der Waals surface area contributed by atoms with Gasteiger partial charge in [0.2, 0.25) is 5.91 Å². The van der Waals surface area contributed by atoms with Gasteiger partial charge in [-0.25, -0.2) is 0 Å². The molecule has 1 aliphatic heterocycles. The Morgan fingerprint density at radius 2 is 1.74 bits per heavy atom. The summed E-state index contributed by atoms with van der Waals surface area (Å²) in [6, 6.07) is 13.7. The molecule has 1 aliphatic carbocycles. The van der Waals surface area contributed by atoms with Gasteiger partial charge < -0.3 is 15.1 Å². The van der Waals surface area contributed by atoms with Crippen LogP contribution in [0, 0.1) is 6.92 Å². The molecule has 0 radical (unpaired) electrons. The number of amides is 1.